The summed E-state index contributed by atoms with van der Waals surface area (Å²) in [5.41, 5.74) is 2.17. The molecule has 1 amide bonds. The number of carboxylic acids is 1. The second-order valence-electron chi connectivity index (χ2n) is 5.60. The van der Waals surface area contributed by atoms with E-state index in [1.165, 1.54) is 14.2 Å². The van der Waals surface area contributed by atoms with E-state index in [0.717, 1.165) is 5.56 Å². The van der Waals surface area contributed by atoms with E-state index in [4.69, 9.17) is 9.47 Å². The van der Waals surface area contributed by atoms with Crippen LogP contribution in [-0.2, 0) is 16.0 Å². The molecule has 1 atom stereocenters. The molecule has 0 bridgehead atoms. The van der Waals surface area contributed by atoms with Gasteiger partial charge in [0, 0.05) is 5.56 Å². The summed E-state index contributed by atoms with van der Waals surface area (Å²) in [5, 5.41) is 12.0. The molecule has 0 radical (unpaired) electrons. The number of aryl methyl sites for hydroxylation is 1. The molecule has 0 aliphatic carbocycles. The van der Waals surface area contributed by atoms with E-state index in [0.29, 0.717) is 22.6 Å². The van der Waals surface area contributed by atoms with E-state index in [1.807, 2.05) is 19.1 Å². The number of hydrogen-bond donors (Lipinski definition) is 2. The molecule has 0 saturated heterocycles. The van der Waals surface area contributed by atoms with Gasteiger partial charge in [-0.25, -0.2) is 4.79 Å². The molecule has 0 aliphatic rings. The van der Waals surface area contributed by atoms with Crippen molar-refractivity contribution in [2.75, 3.05) is 14.2 Å². The number of amides is 1. The fraction of sp³-hybridized carbons (Fsp3) is 0.263. The zero-order valence-electron chi connectivity index (χ0n) is 14.4. The van der Waals surface area contributed by atoms with E-state index < -0.39 is 17.9 Å². The number of benzene rings is 2. The number of carbonyl (C=O) groups is 2. The van der Waals surface area contributed by atoms with Gasteiger partial charge in [-0.1, -0.05) is 29.8 Å². The summed E-state index contributed by atoms with van der Waals surface area (Å²) in [7, 11) is 3.06. The number of rotatable bonds is 7. The standard InChI is InChI=1S/C19H21NO5/c1-12-4-9-16(25-3)14(10-12)11-17(21)20-18(19(22)23)13-5-7-15(24-2)8-6-13/h4-10,18H,11H2,1-3H3,(H,20,21)(H,22,23). The highest BCUT2D eigenvalue weighted by Gasteiger charge is 2.22. The van der Waals surface area contributed by atoms with Gasteiger partial charge in [-0.2, -0.15) is 0 Å². The molecular weight excluding hydrogens is 322 g/mol. The maximum absolute atomic E-state index is 12.3. The first-order valence-corrected chi connectivity index (χ1v) is 7.74. The zero-order chi connectivity index (χ0) is 18.4. The van der Waals surface area contributed by atoms with Crippen molar-refractivity contribution < 1.29 is 24.2 Å². The third-order valence-corrected chi connectivity index (χ3v) is 3.79. The Balaban J connectivity index is 2.15. The van der Waals surface area contributed by atoms with Gasteiger partial charge >= 0.3 is 5.97 Å². The number of nitrogens with one attached hydrogen (secondary N) is 1. The zero-order valence-corrected chi connectivity index (χ0v) is 14.4. The molecule has 2 rings (SSSR count). The minimum atomic E-state index is -1.13. The minimum Gasteiger partial charge on any atom is -0.497 e. The first-order chi connectivity index (χ1) is 11.9. The highest BCUT2D eigenvalue weighted by atomic mass is 16.5. The Morgan fingerprint density at radius 3 is 2.32 bits per heavy atom. The van der Waals surface area contributed by atoms with Gasteiger partial charge in [-0.3, -0.25) is 4.79 Å². The predicted octanol–water partition coefficient (Wildman–Crippen LogP) is 2.50. The van der Waals surface area contributed by atoms with Gasteiger partial charge < -0.3 is 19.9 Å². The summed E-state index contributed by atoms with van der Waals surface area (Å²) >= 11 is 0. The first kappa shape index (κ1) is 18.3. The van der Waals surface area contributed by atoms with Crippen molar-refractivity contribution in [1.29, 1.82) is 0 Å². The van der Waals surface area contributed by atoms with E-state index in [-0.39, 0.29) is 6.42 Å². The predicted molar refractivity (Wildman–Crippen MR) is 92.9 cm³/mol. The van der Waals surface area contributed by atoms with Gasteiger partial charge in [-0.05, 0) is 30.7 Å². The van der Waals surface area contributed by atoms with Gasteiger partial charge in [0.15, 0.2) is 6.04 Å². The lowest BCUT2D eigenvalue weighted by atomic mass is 10.0. The van der Waals surface area contributed by atoms with Gasteiger partial charge in [-0.15, -0.1) is 0 Å². The monoisotopic (exact) mass is 343 g/mol. The van der Waals surface area contributed by atoms with Crippen LogP contribution in [0.15, 0.2) is 42.5 Å². The van der Waals surface area contributed by atoms with Crippen LogP contribution in [0.1, 0.15) is 22.7 Å². The molecule has 2 aromatic carbocycles. The Kier molecular flexibility index (Phi) is 6.00. The molecule has 0 aliphatic heterocycles. The van der Waals surface area contributed by atoms with Crippen molar-refractivity contribution in [3.63, 3.8) is 0 Å². The Hall–Kier alpha value is -3.02. The van der Waals surface area contributed by atoms with Crippen LogP contribution in [0.4, 0.5) is 0 Å². The maximum Gasteiger partial charge on any atom is 0.330 e. The van der Waals surface area contributed by atoms with E-state index in [9.17, 15) is 14.7 Å². The summed E-state index contributed by atoms with van der Waals surface area (Å²) < 4.78 is 10.3. The normalized spacial score (nSPS) is 11.5. The van der Waals surface area contributed by atoms with Crippen molar-refractivity contribution in [2.24, 2.45) is 0 Å². The number of methoxy groups -OCH3 is 2. The first-order valence-electron chi connectivity index (χ1n) is 7.74. The van der Waals surface area contributed by atoms with Crippen molar-refractivity contribution >= 4 is 11.9 Å². The second kappa shape index (κ2) is 8.19. The molecule has 25 heavy (non-hydrogen) atoms. The fourth-order valence-corrected chi connectivity index (χ4v) is 2.51. The van der Waals surface area contributed by atoms with Crippen LogP contribution >= 0.6 is 0 Å². The molecule has 0 fully saturated rings. The van der Waals surface area contributed by atoms with Crippen molar-refractivity contribution in [2.45, 2.75) is 19.4 Å². The molecule has 2 aromatic rings. The quantitative estimate of drug-likeness (QED) is 0.807. The van der Waals surface area contributed by atoms with Crippen LogP contribution in [0.3, 0.4) is 0 Å². The molecule has 2 N–H and O–H groups in total. The number of aliphatic carboxylic acids is 1. The molecule has 6 heteroatoms. The second-order valence-corrected chi connectivity index (χ2v) is 5.60. The largest absolute Gasteiger partial charge is 0.497 e. The smallest absolute Gasteiger partial charge is 0.330 e. The molecule has 0 saturated carbocycles. The molecule has 0 heterocycles. The van der Waals surface area contributed by atoms with Crippen molar-refractivity contribution in [1.82, 2.24) is 5.32 Å². The van der Waals surface area contributed by atoms with Crippen molar-refractivity contribution in [3.8, 4) is 11.5 Å². The lowest BCUT2D eigenvalue weighted by Gasteiger charge is -2.16. The fourth-order valence-electron chi connectivity index (χ4n) is 2.51. The van der Waals surface area contributed by atoms with Crippen LogP contribution in [0, 0.1) is 6.92 Å². The van der Waals surface area contributed by atoms with Crippen molar-refractivity contribution in [3.05, 3.63) is 59.2 Å². The maximum atomic E-state index is 12.3. The Morgan fingerprint density at radius 2 is 1.76 bits per heavy atom. The third-order valence-electron chi connectivity index (χ3n) is 3.79. The van der Waals surface area contributed by atoms with Crippen LogP contribution in [0.2, 0.25) is 0 Å². The van der Waals surface area contributed by atoms with Crippen LogP contribution < -0.4 is 14.8 Å². The molecule has 0 aromatic heterocycles. The molecular formula is C19H21NO5. The van der Waals surface area contributed by atoms with Gasteiger partial charge in [0.2, 0.25) is 5.91 Å². The lowest BCUT2D eigenvalue weighted by Crippen LogP contribution is -2.34. The van der Waals surface area contributed by atoms with Crippen LogP contribution in [0.25, 0.3) is 0 Å². The lowest BCUT2D eigenvalue weighted by molar-refractivity contribution is -0.142. The Bertz CT molecular complexity index is 755. The molecule has 0 spiro atoms. The SMILES string of the molecule is COc1ccc(C(NC(=O)Cc2cc(C)ccc2OC)C(=O)O)cc1. The summed E-state index contributed by atoms with van der Waals surface area (Å²) in [6, 6.07) is 10.9. The average molecular weight is 343 g/mol. The van der Waals surface area contributed by atoms with Gasteiger partial charge in [0.25, 0.3) is 0 Å². The summed E-state index contributed by atoms with van der Waals surface area (Å²) in [5.74, 6) is -0.317. The summed E-state index contributed by atoms with van der Waals surface area (Å²) in [4.78, 5) is 23.9. The highest BCUT2D eigenvalue weighted by molar-refractivity contribution is 5.86. The number of hydrogen-bond acceptors (Lipinski definition) is 4. The average Bonchev–Trinajstić information content (AvgIpc) is 2.60. The number of carbonyl (C=O) groups excluding carboxylic acids is 1. The number of carboxylic acid groups (broad SMARTS) is 1. The Labute approximate surface area is 146 Å². The van der Waals surface area contributed by atoms with Crippen LogP contribution in [0.5, 0.6) is 11.5 Å². The minimum absolute atomic E-state index is 0.0325. The van der Waals surface area contributed by atoms with Gasteiger partial charge in [0.05, 0.1) is 20.6 Å². The molecule has 6 nitrogen and oxygen atoms in total. The highest BCUT2D eigenvalue weighted by Crippen LogP contribution is 2.21. The Morgan fingerprint density at radius 1 is 1.08 bits per heavy atom. The van der Waals surface area contributed by atoms with E-state index in [2.05, 4.69) is 5.32 Å². The van der Waals surface area contributed by atoms with E-state index in [1.54, 1.807) is 30.3 Å². The van der Waals surface area contributed by atoms with Crippen LogP contribution in [-0.4, -0.2) is 31.2 Å². The topological polar surface area (TPSA) is 84.9 Å². The number of ether oxygens (including phenoxy) is 2. The third kappa shape index (κ3) is 4.73. The summed E-state index contributed by atoms with van der Waals surface area (Å²) in [6.07, 6.45) is 0.0325. The van der Waals surface area contributed by atoms with Gasteiger partial charge in [0.1, 0.15) is 11.5 Å². The van der Waals surface area contributed by atoms with E-state index >= 15 is 0 Å². The molecule has 1 unspecified atom stereocenters. The molecule has 132 valence electrons. The summed E-state index contributed by atoms with van der Waals surface area (Å²) in [6.45, 7) is 1.91.